The van der Waals surface area contributed by atoms with E-state index in [1.807, 2.05) is 85.3 Å². The second-order valence-corrected chi connectivity index (χ2v) is 8.99. The average Bonchev–Trinajstić information content (AvgIpc) is 3.16. The summed E-state index contributed by atoms with van der Waals surface area (Å²) in [4.78, 5) is 0. The van der Waals surface area contributed by atoms with Gasteiger partial charge in [-0.1, -0.05) is 36.4 Å². The van der Waals surface area contributed by atoms with E-state index < -0.39 is 0 Å². The molecule has 0 aliphatic rings. The molecule has 2 N–H and O–H groups in total. The molecule has 0 radical (unpaired) electrons. The molecule has 4 rings (SSSR count). The van der Waals surface area contributed by atoms with E-state index in [9.17, 15) is 0 Å². The van der Waals surface area contributed by atoms with Crippen molar-refractivity contribution in [2.45, 2.75) is 26.8 Å². The van der Waals surface area contributed by atoms with Crippen LogP contribution in [-0.4, -0.2) is 35.7 Å². The maximum Gasteiger partial charge on any atom is 0.170 e. The van der Waals surface area contributed by atoms with Crippen LogP contribution in [-0.2, 0) is 13.0 Å². The predicted molar refractivity (Wildman–Crippen MR) is 151 cm³/mol. The smallest absolute Gasteiger partial charge is 0.170 e. The zero-order valence-corrected chi connectivity index (χ0v) is 22.4. The van der Waals surface area contributed by atoms with Gasteiger partial charge in [-0.05, 0) is 80.0 Å². The first-order valence-corrected chi connectivity index (χ1v) is 12.5. The molecule has 0 atom stereocenters. The van der Waals surface area contributed by atoms with E-state index >= 15 is 0 Å². The standard InChI is InChI=1S/C29H32N4O3S/c1-20-28(31-29(37)30-16-15-22-13-14-26(34-3)27(18-22)35-4)21(2)33(32-20)19-23-9-8-12-25(17-23)36-24-10-6-5-7-11-24/h5-14,17-18H,15-16,19H2,1-4H3,(H2,30,31,37). The molecule has 0 unspecified atom stereocenters. The van der Waals surface area contributed by atoms with Gasteiger partial charge in [-0.3, -0.25) is 4.68 Å². The van der Waals surface area contributed by atoms with E-state index in [-0.39, 0.29) is 0 Å². The van der Waals surface area contributed by atoms with Crippen LogP contribution in [0.5, 0.6) is 23.0 Å². The van der Waals surface area contributed by atoms with Gasteiger partial charge < -0.3 is 24.8 Å². The van der Waals surface area contributed by atoms with Crippen LogP contribution in [0.15, 0.2) is 72.8 Å². The molecule has 7 nitrogen and oxygen atoms in total. The number of nitrogens with one attached hydrogen (secondary N) is 2. The van der Waals surface area contributed by atoms with Gasteiger partial charge in [-0.15, -0.1) is 0 Å². The number of hydrogen-bond donors (Lipinski definition) is 2. The number of thiocarbonyl (C=S) groups is 1. The van der Waals surface area contributed by atoms with Crippen LogP contribution in [0.1, 0.15) is 22.5 Å². The van der Waals surface area contributed by atoms with E-state index in [0.29, 0.717) is 18.2 Å². The van der Waals surface area contributed by atoms with E-state index in [1.165, 1.54) is 0 Å². The van der Waals surface area contributed by atoms with Crippen molar-refractivity contribution in [3.63, 3.8) is 0 Å². The van der Waals surface area contributed by atoms with Gasteiger partial charge in [-0.2, -0.15) is 5.10 Å². The topological polar surface area (TPSA) is 69.6 Å². The Labute approximate surface area is 223 Å². The monoisotopic (exact) mass is 516 g/mol. The molecular formula is C29H32N4O3S. The number of rotatable bonds is 10. The summed E-state index contributed by atoms with van der Waals surface area (Å²) in [5.41, 5.74) is 5.04. The number of para-hydroxylation sites is 1. The lowest BCUT2D eigenvalue weighted by Crippen LogP contribution is -2.30. The normalized spacial score (nSPS) is 10.6. The summed E-state index contributed by atoms with van der Waals surface area (Å²) in [5, 5.41) is 11.9. The molecule has 4 aromatic rings. The van der Waals surface area contributed by atoms with E-state index in [0.717, 1.165) is 57.6 Å². The summed E-state index contributed by atoms with van der Waals surface area (Å²) in [6.45, 7) is 5.33. The van der Waals surface area contributed by atoms with Crippen molar-refractivity contribution >= 4 is 23.0 Å². The number of nitrogens with zero attached hydrogens (tertiary/aromatic N) is 2. The van der Waals surface area contributed by atoms with Gasteiger partial charge in [0.2, 0.25) is 0 Å². The Kier molecular flexibility index (Phi) is 8.64. The summed E-state index contributed by atoms with van der Waals surface area (Å²) in [6.07, 6.45) is 0.792. The molecule has 0 amide bonds. The van der Waals surface area contributed by atoms with Gasteiger partial charge in [0, 0.05) is 6.54 Å². The number of aromatic nitrogens is 2. The second kappa shape index (κ2) is 12.3. The molecule has 0 spiro atoms. The molecule has 37 heavy (non-hydrogen) atoms. The van der Waals surface area contributed by atoms with Gasteiger partial charge in [0.1, 0.15) is 11.5 Å². The van der Waals surface area contributed by atoms with Crippen molar-refractivity contribution in [2.24, 2.45) is 0 Å². The molecule has 192 valence electrons. The maximum absolute atomic E-state index is 5.98. The number of anilines is 1. The number of hydrogen-bond acceptors (Lipinski definition) is 5. The number of methoxy groups -OCH3 is 2. The summed E-state index contributed by atoms with van der Waals surface area (Å²) >= 11 is 5.56. The third kappa shape index (κ3) is 6.80. The zero-order valence-electron chi connectivity index (χ0n) is 21.6. The van der Waals surface area contributed by atoms with Crippen molar-refractivity contribution in [3.8, 4) is 23.0 Å². The van der Waals surface area contributed by atoms with Crippen LogP contribution in [0.25, 0.3) is 0 Å². The van der Waals surface area contributed by atoms with Crippen LogP contribution in [0.4, 0.5) is 5.69 Å². The Bertz CT molecular complexity index is 1350. The molecule has 0 saturated carbocycles. The Hall–Kier alpha value is -4.04. The van der Waals surface area contributed by atoms with Crippen LogP contribution in [0.2, 0.25) is 0 Å². The van der Waals surface area contributed by atoms with E-state index in [4.69, 9.17) is 31.5 Å². The third-order valence-corrected chi connectivity index (χ3v) is 6.22. The highest BCUT2D eigenvalue weighted by atomic mass is 32.1. The van der Waals surface area contributed by atoms with Gasteiger partial charge in [0.15, 0.2) is 16.6 Å². The Morgan fingerprint density at radius 1 is 0.865 bits per heavy atom. The van der Waals surface area contributed by atoms with Crippen molar-refractivity contribution in [2.75, 3.05) is 26.1 Å². The first kappa shape index (κ1) is 26.0. The molecule has 0 saturated heterocycles. The fourth-order valence-electron chi connectivity index (χ4n) is 4.05. The Balaban J connectivity index is 1.34. The van der Waals surface area contributed by atoms with Crippen molar-refractivity contribution < 1.29 is 14.2 Å². The number of benzene rings is 3. The van der Waals surface area contributed by atoms with Crippen LogP contribution in [0.3, 0.4) is 0 Å². The molecule has 8 heteroatoms. The molecule has 3 aromatic carbocycles. The highest BCUT2D eigenvalue weighted by molar-refractivity contribution is 7.80. The summed E-state index contributed by atoms with van der Waals surface area (Å²) < 4.78 is 18.7. The summed E-state index contributed by atoms with van der Waals surface area (Å²) in [5.74, 6) is 3.04. The first-order chi connectivity index (χ1) is 18.0. The lowest BCUT2D eigenvalue weighted by molar-refractivity contribution is 0.354. The highest BCUT2D eigenvalue weighted by Crippen LogP contribution is 2.28. The highest BCUT2D eigenvalue weighted by Gasteiger charge is 2.14. The van der Waals surface area contributed by atoms with Crippen molar-refractivity contribution in [1.29, 1.82) is 0 Å². The number of aryl methyl sites for hydroxylation is 1. The SMILES string of the molecule is COc1ccc(CCNC(=S)Nc2c(C)nn(Cc3cccc(Oc4ccccc4)c3)c2C)cc1OC. The average molecular weight is 517 g/mol. The summed E-state index contributed by atoms with van der Waals surface area (Å²) in [7, 11) is 3.27. The molecule has 1 aromatic heterocycles. The van der Waals surface area contributed by atoms with Crippen molar-refractivity contribution in [3.05, 3.63) is 95.3 Å². The van der Waals surface area contributed by atoms with Crippen LogP contribution in [0, 0.1) is 13.8 Å². The third-order valence-electron chi connectivity index (χ3n) is 5.98. The van der Waals surface area contributed by atoms with Crippen LogP contribution >= 0.6 is 12.2 Å². The van der Waals surface area contributed by atoms with E-state index in [2.05, 4.69) is 16.7 Å². The fourth-order valence-corrected chi connectivity index (χ4v) is 4.26. The molecule has 0 aliphatic heterocycles. The molecular weight excluding hydrogens is 484 g/mol. The minimum Gasteiger partial charge on any atom is -0.493 e. The van der Waals surface area contributed by atoms with Gasteiger partial charge in [-0.25, -0.2) is 0 Å². The van der Waals surface area contributed by atoms with Crippen LogP contribution < -0.4 is 24.8 Å². The zero-order chi connectivity index (χ0) is 26.2. The summed E-state index contributed by atoms with van der Waals surface area (Å²) in [6, 6.07) is 23.7. The minimum atomic E-state index is 0.560. The lowest BCUT2D eigenvalue weighted by atomic mass is 10.1. The predicted octanol–water partition coefficient (Wildman–Crippen LogP) is 5.89. The van der Waals surface area contributed by atoms with Crippen molar-refractivity contribution in [1.82, 2.24) is 15.1 Å². The molecule has 0 aliphatic carbocycles. The molecule has 1 heterocycles. The Morgan fingerprint density at radius 2 is 1.62 bits per heavy atom. The quantitative estimate of drug-likeness (QED) is 0.255. The molecule has 0 bridgehead atoms. The van der Waals surface area contributed by atoms with Gasteiger partial charge >= 0.3 is 0 Å². The minimum absolute atomic E-state index is 0.560. The number of ether oxygens (including phenoxy) is 3. The Morgan fingerprint density at radius 3 is 2.38 bits per heavy atom. The van der Waals surface area contributed by atoms with Gasteiger partial charge in [0.25, 0.3) is 0 Å². The lowest BCUT2D eigenvalue weighted by Gasteiger charge is -2.13. The largest absolute Gasteiger partial charge is 0.493 e. The first-order valence-electron chi connectivity index (χ1n) is 12.1. The maximum atomic E-state index is 5.98. The fraction of sp³-hybridized carbons (Fsp3) is 0.241. The van der Waals surface area contributed by atoms with Gasteiger partial charge in [0.05, 0.1) is 37.8 Å². The second-order valence-electron chi connectivity index (χ2n) is 8.59. The molecule has 0 fully saturated rings. The van der Waals surface area contributed by atoms with E-state index in [1.54, 1.807) is 14.2 Å².